The number of hydrogen-bond acceptors (Lipinski definition) is 4. The minimum atomic E-state index is 0.00752. The minimum Gasteiger partial charge on any atom is -0.348 e. The molecule has 2 aliphatic heterocycles. The van der Waals surface area contributed by atoms with Crippen LogP contribution >= 0.6 is 11.8 Å². The van der Waals surface area contributed by atoms with Crippen LogP contribution in [-0.2, 0) is 0 Å². The molecular weight excluding hydrogens is 344 g/mol. The second-order valence-corrected chi connectivity index (χ2v) is 8.83. The summed E-state index contributed by atoms with van der Waals surface area (Å²) in [4.78, 5) is 20.1. The molecule has 2 aromatic rings. The molecule has 0 atom stereocenters. The van der Waals surface area contributed by atoms with Crippen LogP contribution in [0.5, 0.6) is 0 Å². The fourth-order valence-electron chi connectivity index (χ4n) is 4.26. The summed E-state index contributed by atoms with van der Waals surface area (Å²) in [6.45, 7) is 6.16. The van der Waals surface area contributed by atoms with Crippen molar-refractivity contribution in [3.8, 4) is 0 Å². The summed E-state index contributed by atoms with van der Waals surface area (Å²) in [6.07, 6.45) is 6.73. The van der Waals surface area contributed by atoms with Gasteiger partial charge in [0.15, 0.2) is 0 Å². The van der Waals surface area contributed by atoms with Crippen molar-refractivity contribution in [1.82, 2.24) is 19.6 Å². The smallest absolute Gasteiger partial charge is 0.270 e. The normalized spacial score (nSPS) is 20.5. The number of hydrogen-bond donors (Lipinski definition) is 1. The molecule has 0 unspecified atom stereocenters. The van der Waals surface area contributed by atoms with Crippen LogP contribution in [0.3, 0.4) is 0 Å². The number of fused-ring (bicyclic) bond motifs is 1. The number of piperidine rings is 1. The number of likely N-dealkylation sites (tertiary alicyclic amines) is 1. The van der Waals surface area contributed by atoms with E-state index in [-0.39, 0.29) is 11.9 Å². The van der Waals surface area contributed by atoms with Crippen LogP contribution in [0.4, 0.5) is 0 Å². The predicted molar refractivity (Wildman–Crippen MR) is 107 cm³/mol. The monoisotopic (exact) mass is 372 g/mol. The van der Waals surface area contributed by atoms with Crippen LogP contribution in [-0.4, -0.2) is 56.9 Å². The predicted octanol–water partition coefficient (Wildman–Crippen LogP) is 3.04. The number of pyridine rings is 1. The van der Waals surface area contributed by atoms with Gasteiger partial charge in [0.1, 0.15) is 11.3 Å². The number of thioether (sulfide) groups is 1. The molecule has 0 aromatic carbocycles. The first-order valence-electron chi connectivity index (χ1n) is 9.70. The van der Waals surface area contributed by atoms with E-state index in [0.717, 1.165) is 48.9 Å². The van der Waals surface area contributed by atoms with Gasteiger partial charge >= 0.3 is 0 Å². The molecule has 1 N–H and O–H groups in total. The lowest BCUT2D eigenvalue weighted by Gasteiger charge is -2.39. The van der Waals surface area contributed by atoms with Crippen molar-refractivity contribution in [1.29, 1.82) is 0 Å². The Morgan fingerprint density at radius 1 is 1.15 bits per heavy atom. The zero-order valence-corrected chi connectivity index (χ0v) is 16.5. The molecule has 1 amide bonds. The van der Waals surface area contributed by atoms with Gasteiger partial charge in [-0.15, -0.1) is 0 Å². The van der Waals surface area contributed by atoms with Gasteiger partial charge in [-0.2, -0.15) is 11.8 Å². The van der Waals surface area contributed by atoms with Gasteiger partial charge in [-0.05, 0) is 62.7 Å². The molecule has 26 heavy (non-hydrogen) atoms. The second kappa shape index (κ2) is 7.61. The van der Waals surface area contributed by atoms with Crippen molar-refractivity contribution in [2.45, 2.75) is 51.6 Å². The Morgan fingerprint density at radius 2 is 1.88 bits per heavy atom. The Balaban J connectivity index is 1.40. The number of aryl methyl sites for hydroxylation is 2. The third-order valence-corrected chi connectivity index (χ3v) is 6.78. The van der Waals surface area contributed by atoms with Crippen molar-refractivity contribution < 1.29 is 4.79 Å². The van der Waals surface area contributed by atoms with Crippen molar-refractivity contribution in [2.24, 2.45) is 0 Å². The summed E-state index contributed by atoms with van der Waals surface area (Å²) in [5.74, 6) is 2.61. The maximum atomic E-state index is 12.9. The Morgan fingerprint density at radius 3 is 2.62 bits per heavy atom. The summed E-state index contributed by atoms with van der Waals surface area (Å²) >= 11 is 2.08. The van der Waals surface area contributed by atoms with Crippen LogP contribution < -0.4 is 5.32 Å². The van der Waals surface area contributed by atoms with E-state index in [4.69, 9.17) is 0 Å². The van der Waals surface area contributed by atoms with Gasteiger partial charge in [0.05, 0.1) is 5.69 Å². The third kappa shape index (κ3) is 3.62. The van der Waals surface area contributed by atoms with E-state index in [0.29, 0.717) is 5.69 Å². The topological polar surface area (TPSA) is 49.6 Å². The van der Waals surface area contributed by atoms with Crippen molar-refractivity contribution in [3.05, 3.63) is 35.3 Å². The SMILES string of the molecule is Cc1ccc2nc(C)c(C(=O)NC3CCN(C4CCSCC4)CC3)n2c1. The van der Waals surface area contributed by atoms with Crippen molar-refractivity contribution in [2.75, 3.05) is 24.6 Å². The Bertz CT molecular complexity index is 788. The lowest BCUT2D eigenvalue weighted by atomic mass is 10.0. The summed E-state index contributed by atoms with van der Waals surface area (Å²) in [5, 5.41) is 3.27. The standard InChI is InChI=1S/C20H28N4OS/c1-14-3-4-18-21-15(2)19(24(18)13-14)20(25)22-16-5-9-23(10-6-16)17-7-11-26-12-8-17/h3-4,13,16-17H,5-12H2,1-2H3,(H,22,25). The molecule has 2 aliphatic rings. The van der Waals surface area contributed by atoms with Gasteiger partial charge in [-0.25, -0.2) is 4.98 Å². The number of carbonyl (C=O) groups is 1. The van der Waals surface area contributed by atoms with E-state index in [1.165, 1.54) is 24.3 Å². The van der Waals surface area contributed by atoms with E-state index in [1.807, 2.05) is 36.6 Å². The Labute approximate surface area is 159 Å². The summed E-state index contributed by atoms with van der Waals surface area (Å²) < 4.78 is 1.93. The zero-order chi connectivity index (χ0) is 18.1. The highest BCUT2D eigenvalue weighted by Crippen LogP contribution is 2.24. The molecule has 4 rings (SSSR count). The number of rotatable bonds is 3. The maximum Gasteiger partial charge on any atom is 0.270 e. The molecular formula is C20H28N4OS. The minimum absolute atomic E-state index is 0.00752. The number of nitrogens with zero attached hydrogens (tertiary/aromatic N) is 3. The van der Waals surface area contributed by atoms with Crippen LogP contribution in [0, 0.1) is 13.8 Å². The molecule has 4 heterocycles. The molecule has 0 saturated carbocycles. The quantitative estimate of drug-likeness (QED) is 0.900. The molecule has 2 saturated heterocycles. The molecule has 140 valence electrons. The van der Waals surface area contributed by atoms with Gasteiger partial charge in [0.25, 0.3) is 5.91 Å². The van der Waals surface area contributed by atoms with E-state index in [2.05, 4.69) is 27.0 Å². The largest absolute Gasteiger partial charge is 0.348 e. The Kier molecular flexibility index (Phi) is 5.23. The van der Waals surface area contributed by atoms with Gasteiger partial charge < -0.3 is 10.2 Å². The summed E-state index contributed by atoms with van der Waals surface area (Å²) in [7, 11) is 0. The highest BCUT2D eigenvalue weighted by molar-refractivity contribution is 7.99. The zero-order valence-electron chi connectivity index (χ0n) is 15.7. The summed E-state index contributed by atoms with van der Waals surface area (Å²) in [5.41, 5.74) is 3.44. The van der Waals surface area contributed by atoms with Crippen LogP contribution in [0.15, 0.2) is 18.3 Å². The van der Waals surface area contributed by atoms with Crippen molar-refractivity contribution >= 4 is 23.3 Å². The highest BCUT2D eigenvalue weighted by atomic mass is 32.2. The Hall–Kier alpha value is -1.53. The number of carbonyl (C=O) groups excluding carboxylic acids is 1. The van der Waals surface area contributed by atoms with E-state index in [1.54, 1.807) is 0 Å². The summed E-state index contributed by atoms with van der Waals surface area (Å²) in [6, 6.07) is 5.03. The van der Waals surface area contributed by atoms with Crippen LogP contribution in [0.1, 0.15) is 47.4 Å². The first kappa shape index (κ1) is 17.9. The molecule has 2 aromatic heterocycles. The fourth-order valence-corrected chi connectivity index (χ4v) is 5.34. The molecule has 5 nitrogen and oxygen atoms in total. The van der Waals surface area contributed by atoms with Gasteiger partial charge in [-0.3, -0.25) is 9.20 Å². The molecule has 2 fully saturated rings. The van der Waals surface area contributed by atoms with Crippen LogP contribution in [0.25, 0.3) is 5.65 Å². The third-order valence-electron chi connectivity index (χ3n) is 5.73. The number of nitrogens with one attached hydrogen (secondary N) is 1. The lowest BCUT2D eigenvalue weighted by Crippen LogP contribution is -2.49. The average Bonchev–Trinajstić information content (AvgIpc) is 2.98. The van der Waals surface area contributed by atoms with Crippen molar-refractivity contribution in [3.63, 3.8) is 0 Å². The molecule has 0 aliphatic carbocycles. The molecule has 0 spiro atoms. The van der Waals surface area contributed by atoms with Gasteiger partial charge in [-0.1, -0.05) is 6.07 Å². The fraction of sp³-hybridized carbons (Fsp3) is 0.600. The van der Waals surface area contributed by atoms with Gasteiger partial charge in [0.2, 0.25) is 0 Å². The number of aromatic nitrogens is 2. The highest BCUT2D eigenvalue weighted by Gasteiger charge is 2.28. The molecule has 0 bridgehead atoms. The number of amides is 1. The van der Waals surface area contributed by atoms with Gasteiger partial charge in [0, 0.05) is 31.4 Å². The number of imidazole rings is 1. The average molecular weight is 373 g/mol. The van der Waals surface area contributed by atoms with E-state index < -0.39 is 0 Å². The molecule has 0 radical (unpaired) electrons. The first-order chi connectivity index (χ1) is 12.6. The first-order valence-corrected chi connectivity index (χ1v) is 10.9. The molecule has 6 heteroatoms. The maximum absolute atomic E-state index is 12.9. The second-order valence-electron chi connectivity index (χ2n) is 7.61. The lowest BCUT2D eigenvalue weighted by molar-refractivity contribution is 0.0880. The van der Waals surface area contributed by atoms with E-state index in [9.17, 15) is 4.79 Å². The van der Waals surface area contributed by atoms with Crippen LogP contribution in [0.2, 0.25) is 0 Å². The van der Waals surface area contributed by atoms with E-state index >= 15 is 0 Å².